The van der Waals surface area contributed by atoms with Gasteiger partial charge in [-0.15, -0.1) is 0 Å². The van der Waals surface area contributed by atoms with E-state index in [0.717, 1.165) is 5.56 Å². The summed E-state index contributed by atoms with van der Waals surface area (Å²) in [6.45, 7) is 6.28. The Morgan fingerprint density at radius 3 is 2.15 bits per heavy atom. The zero-order valence-corrected chi connectivity index (χ0v) is 27.0. The van der Waals surface area contributed by atoms with Gasteiger partial charge in [0, 0.05) is 35.6 Å². The lowest BCUT2D eigenvalue weighted by molar-refractivity contribution is 0.0473. The minimum absolute atomic E-state index is 0.0000611. The Morgan fingerprint density at radius 2 is 1.53 bits per heavy atom. The summed E-state index contributed by atoms with van der Waals surface area (Å²) in [5.41, 5.74) is 7.89. The van der Waals surface area contributed by atoms with Crippen LogP contribution in [0.2, 0.25) is 0 Å². The van der Waals surface area contributed by atoms with Crippen molar-refractivity contribution in [3.63, 3.8) is 0 Å². The molecule has 0 bridgehead atoms. The van der Waals surface area contributed by atoms with E-state index in [9.17, 15) is 14.4 Å². The zero-order chi connectivity index (χ0) is 34.1. The van der Waals surface area contributed by atoms with Crippen molar-refractivity contribution in [3.05, 3.63) is 113 Å². The fraction of sp³-hybridized carbons (Fsp3) is 0.250. The number of aromatic nitrogens is 1. The Labute approximate surface area is 274 Å². The summed E-state index contributed by atoms with van der Waals surface area (Å²) in [6, 6.07) is 23.2. The number of pyridine rings is 1. The number of carbonyl (C=O) groups is 3. The highest BCUT2D eigenvalue weighted by atomic mass is 16.5. The van der Waals surface area contributed by atoms with Gasteiger partial charge in [0.1, 0.15) is 18.1 Å². The molecule has 1 atom stereocenters. The first-order valence-electron chi connectivity index (χ1n) is 14.9. The lowest BCUT2D eigenvalue weighted by atomic mass is 9.87. The molecule has 1 heterocycles. The number of rotatable bonds is 12. The molecule has 0 unspecified atom stereocenters. The number of benzene rings is 3. The third kappa shape index (κ3) is 8.80. The van der Waals surface area contributed by atoms with Crippen molar-refractivity contribution >= 4 is 29.3 Å². The van der Waals surface area contributed by atoms with Gasteiger partial charge in [-0.2, -0.15) is 0 Å². The van der Waals surface area contributed by atoms with Crippen molar-refractivity contribution < 1.29 is 28.6 Å². The van der Waals surface area contributed by atoms with E-state index < -0.39 is 17.8 Å². The number of nitrogen functional groups attached to an aromatic ring is 1. The molecule has 0 aliphatic heterocycles. The number of esters is 1. The summed E-state index contributed by atoms with van der Waals surface area (Å²) in [4.78, 5) is 45.2. The van der Waals surface area contributed by atoms with Gasteiger partial charge in [-0.1, -0.05) is 57.2 Å². The van der Waals surface area contributed by atoms with Crippen LogP contribution >= 0.6 is 0 Å². The van der Waals surface area contributed by atoms with Crippen LogP contribution in [0.5, 0.6) is 5.88 Å². The number of anilines is 1. The first-order valence-corrected chi connectivity index (χ1v) is 14.9. The smallest absolute Gasteiger partial charge is 0.339 e. The van der Waals surface area contributed by atoms with Crippen molar-refractivity contribution in [2.75, 3.05) is 26.1 Å². The van der Waals surface area contributed by atoms with E-state index in [1.54, 1.807) is 55.6 Å². The van der Waals surface area contributed by atoms with Gasteiger partial charge in [-0.3, -0.25) is 15.0 Å². The van der Waals surface area contributed by atoms with Crippen LogP contribution in [0.4, 0.5) is 5.69 Å². The third-order valence-electron chi connectivity index (χ3n) is 7.44. The van der Waals surface area contributed by atoms with E-state index in [1.807, 2.05) is 51.1 Å². The maximum Gasteiger partial charge on any atom is 0.339 e. The molecule has 2 amide bonds. The number of ether oxygens (including phenoxy) is 3. The third-order valence-corrected chi connectivity index (χ3v) is 7.44. The zero-order valence-electron chi connectivity index (χ0n) is 27.0. The molecule has 4 aromatic rings. The van der Waals surface area contributed by atoms with Crippen LogP contribution in [0.3, 0.4) is 0 Å². The number of methoxy groups -OCH3 is 2. The number of nitrogens with zero attached hydrogens (tertiary/aromatic N) is 1. The van der Waals surface area contributed by atoms with Crippen LogP contribution in [0, 0.1) is 10.8 Å². The fourth-order valence-corrected chi connectivity index (χ4v) is 4.68. The van der Waals surface area contributed by atoms with Crippen LogP contribution in [0.25, 0.3) is 11.1 Å². The molecular formula is C36H39N5O6. The van der Waals surface area contributed by atoms with Crippen LogP contribution in [-0.2, 0) is 16.1 Å². The summed E-state index contributed by atoms with van der Waals surface area (Å²) in [5.74, 6) is -1.58. The summed E-state index contributed by atoms with van der Waals surface area (Å²) >= 11 is 0. The highest BCUT2D eigenvalue weighted by Gasteiger charge is 2.28. The highest BCUT2D eigenvalue weighted by molar-refractivity contribution is 6.10. The molecule has 0 spiro atoms. The van der Waals surface area contributed by atoms with Gasteiger partial charge in [-0.05, 0) is 59.0 Å². The molecule has 11 nitrogen and oxygen atoms in total. The van der Waals surface area contributed by atoms with Crippen LogP contribution in [-0.4, -0.2) is 55.5 Å². The number of amidine groups is 1. The molecule has 0 saturated carbocycles. The lowest BCUT2D eigenvalue weighted by Gasteiger charge is -2.31. The van der Waals surface area contributed by atoms with Crippen molar-refractivity contribution in [3.8, 4) is 17.0 Å². The largest absolute Gasteiger partial charge is 0.481 e. The average Bonchev–Trinajstić information content (AvgIpc) is 3.06. The molecule has 3 aromatic carbocycles. The van der Waals surface area contributed by atoms with E-state index in [-0.39, 0.29) is 46.6 Å². The number of nitrogens with one attached hydrogen (secondary N) is 3. The Balaban J connectivity index is 1.76. The predicted octanol–water partition coefficient (Wildman–Crippen LogP) is 5.44. The maximum absolute atomic E-state index is 13.7. The number of hydrogen-bond acceptors (Lipinski definition) is 8. The van der Waals surface area contributed by atoms with Gasteiger partial charge >= 0.3 is 5.97 Å². The van der Waals surface area contributed by atoms with Crippen molar-refractivity contribution in [2.45, 2.75) is 33.4 Å². The van der Waals surface area contributed by atoms with Gasteiger partial charge in [-0.25, -0.2) is 9.78 Å². The molecule has 0 fully saturated rings. The lowest BCUT2D eigenvalue weighted by Crippen LogP contribution is -2.46. The number of carbonyl (C=O) groups excluding carboxylic acids is 3. The quantitative estimate of drug-likeness (QED) is 0.0905. The second kappa shape index (κ2) is 15.2. The predicted molar refractivity (Wildman–Crippen MR) is 180 cm³/mol. The molecule has 244 valence electrons. The fourth-order valence-electron chi connectivity index (χ4n) is 4.68. The van der Waals surface area contributed by atoms with E-state index >= 15 is 0 Å². The van der Waals surface area contributed by atoms with Gasteiger partial charge < -0.3 is 30.6 Å². The molecule has 1 aromatic heterocycles. The van der Waals surface area contributed by atoms with Crippen molar-refractivity contribution in [1.29, 1.82) is 5.41 Å². The first kappa shape index (κ1) is 34.3. The molecule has 0 aliphatic carbocycles. The Kier molecular flexibility index (Phi) is 11.1. The summed E-state index contributed by atoms with van der Waals surface area (Å²) in [7, 11) is 3.00. The SMILES string of the molecule is COC[C@@H](NC(=O)c1ccc(-c2ccc(OC)nc2C(=O)Nc2ccc(C(=N)N)cc2)c(C(=O)OCc2ccccc2)c1)C(C)(C)C. The molecule has 4 rings (SSSR count). The van der Waals surface area contributed by atoms with Gasteiger partial charge in [0.05, 0.1) is 25.3 Å². The minimum Gasteiger partial charge on any atom is -0.481 e. The summed E-state index contributed by atoms with van der Waals surface area (Å²) in [5, 5.41) is 13.4. The Bertz CT molecular complexity index is 1750. The molecular weight excluding hydrogens is 598 g/mol. The van der Waals surface area contributed by atoms with E-state index in [2.05, 4.69) is 15.6 Å². The Morgan fingerprint density at radius 1 is 0.872 bits per heavy atom. The first-order chi connectivity index (χ1) is 22.4. The standard InChI is InChI=1S/C36H39N5O6/c1-36(2,3)29(21-45-4)40-33(42)24-13-16-26(28(19-24)35(44)47-20-22-9-7-6-8-10-22)27-17-18-30(46-5)41-31(27)34(43)39-25-14-11-23(12-15-25)32(37)38/h6-19,29H,20-21H2,1-5H3,(H3,37,38)(H,39,43)(H,40,42)/t29-/m1/s1. The molecule has 0 radical (unpaired) electrons. The molecule has 5 N–H and O–H groups in total. The topological polar surface area (TPSA) is 166 Å². The van der Waals surface area contributed by atoms with Crippen LogP contribution in [0.15, 0.2) is 84.9 Å². The van der Waals surface area contributed by atoms with E-state index in [4.69, 9.17) is 25.4 Å². The van der Waals surface area contributed by atoms with E-state index in [1.165, 1.54) is 13.2 Å². The number of amides is 2. The summed E-state index contributed by atoms with van der Waals surface area (Å²) in [6.07, 6.45) is 0. The van der Waals surface area contributed by atoms with E-state index in [0.29, 0.717) is 29.0 Å². The maximum atomic E-state index is 13.7. The molecule has 11 heteroatoms. The highest BCUT2D eigenvalue weighted by Crippen LogP contribution is 2.31. The monoisotopic (exact) mass is 637 g/mol. The molecule has 47 heavy (non-hydrogen) atoms. The van der Waals surface area contributed by atoms with Crippen molar-refractivity contribution in [2.24, 2.45) is 11.1 Å². The van der Waals surface area contributed by atoms with Crippen molar-refractivity contribution in [1.82, 2.24) is 10.3 Å². The second-order valence-electron chi connectivity index (χ2n) is 11.9. The number of hydrogen-bond donors (Lipinski definition) is 4. The van der Waals surface area contributed by atoms with Gasteiger partial charge in [0.15, 0.2) is 0 Å². The average molecular weight is 638 g/mol. The van der Waals surface area contributed by atoms with Crippen LogP contribution in [0.1, 0.15) is 63.1 Å². The molecule has 0 saturated heterocycles. The number of nitrogens with two attached hydrogens (primary N) is 1. The normalized spacial score (nSPS) is 11.7. The second-order valence-corrected chi connectivity index (χ2v) is 11.9. The summed E-state index contributed by atoms with van der Waals surface area (Å²) < 4.78 is 16.3. The molecule has 0 aliphatic rings. The van der Waals surface area contributed by atoms with Gasteiger partial charge in [0.2, 0.25) is 5.88 Å². The van der Waals surface area contributed by atoms with Crippen LogP contribution < -0.4 is 21.1 Å². The minimum atomic E-state index is -0.690. The Hall–Kier alpha value is -5.55. The van der Waals surface area contributed by atoms with Gasteiger partial charge in [0.25, 0.3) is 11.8 Å².